The van der Waals surface area contributed by atoms with Gasteiger partial charge < -0.3 is 10.0 Å². The summed E-state index contributed by atoms with van der Waals surface area (Å²) >= 11 is 0. The SMILES string of the molecule is CCN(CC)c1ccccc1C(=O)C1CC=CC=C1C(=O)O. The normalized spacial score (nSPS) is 17.0. The number of anilines is 1. The van der Waals surface area contributed by atoms with E-state index in [2.05, 4.69) is 4.90 Å². The van der Waals surface area contributed by atoms with Crippen LogP contribution in [0.4, 0.5) is 5.69 Å². The molecule has 0 bridgehead atoms. The molecule has 0 aliphatic heterocycles. The van der Waals surface area contributed by atoms with Crippen LogP contribution in [0.1, 0.15) is 30.6 Å². The van der Waals surface area contributed by atoms with Crippen LogP contribution in [-0.2, 0) is 4.79 Å². The minimum Gasteiger partial charge on any atom is -0.478 e. The predicted molar refractivity (Wildman–Crippen MR) is 87.3 cm³/mol. The molecule has 1 aliphatic rings. The Morgan fingerprint density at radius 3 is 2.55 bits per heavy atom. The van der Waals surface area contributed by atoms with Crippen molar-refractivity contribution in [3.8, 4) is 0 Å². The molecule has 1 aliphatic carbocycles. The van der Waals surface area contributed by atoms with Gasteiger partial charge in [0, 0.05) is 29.9 Å². The molecule has 4 nitrogen and oxygen atoms in total. The Balaban J connectivity index is 2.40. The molecule has 4 heteroatoms. The van der Waals surface area contributed by atoms with Crippen molar-refractivity contribution in [2.75, 3.05) is 18.0 Å². The third kappa shape index (κ3) is 3.11. The van der Waals surface area contributed by atoms with Gasteiger partial charge in [0.25, 0.3) is 0 Å². The van der Waals surface area contributed by atoms with Gasteiger partial charge >= 0.3 is 5.97 Å². The molecule has 0 heterocycles. The fourth-order valence-corrected chi connectivity index (χ4v) is 2.81. The largest absolute Gasteiger partial charge is 0.478 e. The van der Waals surface area contributed by atoms with E-state index >= 15 is 0 Å². The second-order valence-corrected chi connectivity index (χ2v) is 5.20. The molecule has 116 valence electrons. The zero-order valence-corrected chi connectivity index (χ0v) is 13.0. The van der Waals surface area contributed by atoms with Gasteiger partial charge in [0.2, 0.25) is 0 Å². The van der Waals surface area contributed by atoms with Crippen LogP contribution in [0.15, 0.2) is 48.1 Å². The number of nitrogens with zero attached hydrogens (tertiary/aromatic N) is 1. The third-order valence-corrected chi connectivity index (χ3v) is 4.00. The van der Waals surface area contributed by atoms with Crippen LogP contribution in [0.3, 0.4) is 0 Å². The molecule has 0 fully saturated rings. The molecule has 0 saturated carbocycles. The summed E-state index contributed by atoms with van der Waals surface area (Å²) in [4.78, 5) is 26.4. The summed E-state index contributed by atoms with van der Waals surface area (Å²) < 4.78 is 0. The number of rotatable bonds is 6. The third-order valence-electron chi connectivity index (χ3n) is 4.00. The zero-order valence-electron chi connectivity index (χ0n) is 13.0. The van der Waals surface area contributed by atoms with Crippen molar-refractivity contribution >= 4 is 17.4 Å². The average Bonchev–Trinajstić information content (AvgIpc) is 2.56. The topological polar surface area (TPSA) is 57.6 Å². The maximum absolute atomic E-state index is 12.9. The number of carboxylic acids is 1. The van der Waals surface area contributed by atoms with Gasteiger partial charge in [0.15, 0.2) is 5.78 Å². The Kier molecular flexibility index (Phi) is 5.15. The molecule has 22 heavy (non-hydrogen) atoms. The molecule has 1 aromatic carbocycles. The Bertz CT molecular complexity index is 627. The van der Waals surface area contributed by atoms with E-state index in [1.165, 1.54) is 6.08 Å². The van der Waals surface area contributed by atoms with E-state index in [9.17, 15) is 14.7 Å². The lowest BCUT2D eigenvalue weighted by atomic mass is 9.84. The van der Waals surface area contributed by atoms with Gasteiger partial charge in [-0.05, 0) is 32.4 Å². The number of allylic oxidation sites excluding steroid dienone is 3. The van der Waals surface area contributed by atoms with Gasteiger partial charge in [0.1, 0.15) is 0 Å². The molecule has 0 aromatic heterocycles. The molecule has 0 amide bonds. The first kappa shape index (κ1) is 16.0. The van der Waals surface area contributed by atoms with E-state index in [1.807, 2.05) is 38.1 Å². The summed E-state index contributed by atoms with van der Waals surface area (Å²) in [5.74, 6) is -1.76. The van der Waals surface area contributed by atoms with Crippen LogP contribution >= 0.6 is 0 Å². The van der Waals surface area contributed by atoms with E-state index in [4.69, 9.17) is 0 Å². The van der Waals surface area contributed by atoms with Crippen molar-refractivity contribution in [3.05, 3.63) is 53.6 Å². The van der Waals surface area contributed by atoms with Crippen LogP contribution in [0.2, 0.25) is 0 Å². The van der Waals surface area contributed by atoms with Gasteiger partial charge in [-0.2, -0.15) is 0 Å². The van der Waals surface area contributed by atoms with Crippen molar-refractivity contribution in [1.29, 1.82) is 0 Å². The lowest BCUT2D eigenvalue weighted by molar-refractivity contribution is -0.133. The lowest BCUT2D eigenvalue weighted by Crippen LogP contribution is -2.27. The molecular weight excluding hydrogens is 278 g/mol. The quantitative estimate of drug-likeness (QED) is 0.819. The number of carboxylic acid groups (broad SMARTS) is 1. The average molecular weight is 299 g/mol. The van der Waals surface area contributed by atoms with Crippen molar-refractivity contribution in [1.82, 2.24) is 0 Å². The summed E-state index contributed by atoms with van der Waals surface area (Å²) in [5, 5.41) is 9.31. The highest BCUT2D eigenvalue weighted by Crippen LogP contribution is 2.29. The predicted octanol–water partition coefficient (Wildman–Crippen LogP) is 3.30. The standard InChI is InChI=1S/C18H21NO3/c1-3-19(4-2)16-12-8-7-11-15(16)17(20)13-9-5-6-10-14(13)18(21)22/h5-8,10-13H,3-4,9H2,1-2H3,(H,21,22). The highest BCUT2D eigenvalue weighted by Gasteiger charge is 2.30. The first-order valence-electron chi connectivity index (χ1n) is 7.58. The van der Waals surface area contributed by atoms with Gasteiger partial charge in [0.05, 0.1) is 5.92 Å². The fourth-order valence-electron chi connectivity index (χ4n) is 2.81. The number of para-hydroxylation sites is 1. The smallest absolute Gasteiger partial charge is 0.332 e. The van der Waals surface area contributed by atoms with E-state index in [-0.39, 0.29) is 11.4 Å². The minimum atomic E-state index is -1.02. The second-order valence-electron chi connectivity index (χ2n) is 5.20. The van der Waals surface area contributed by atoms with Crippen molar-refractivity contribution < 1.29 is 14.7 Å². The number of carbonyl (C=O) groups is 2. The fraction of sp³-hybridized carbons (Fsp3) is 0.333. The first-order chi connectivity index (χ1) is 10.6. The monoisotopic (exact) mass is 299 g/mol. The van der Waals surface area contributed by atoms with Crippen LogP contribution in [-0.4, -0.2) is 29.9 Å². The Morgan fingerprint density at radius 1 is 1.23 bits per heavy atom. The van der Waals surface area contributed by atoms with Crippen LogP contribution in [0.5, 0.6) is 0 Å². The van der Waals surface area contributed by atoms with Crippen LogP contribution in [0.25, 0.3) is 0 Å². The molecule has 1 aromatic rings. The Labute approximate surface area is 130 Å². The van der Waals surface area contributed by atoms with Crippen molar-refractivity contribution in [2.24, 2.45) is 5.92 Å². The molecule has 0 spiro atoms. The Hall–Kier alpha value is -2.36. The number of hydrogen-bond donors (Lipinski definition) is 1. The maximum atomic E-state index is 12.9. The maximum Gasteiger partial charge on any atom is 0.332 e. The first-order valence-corrected chi connectivity index (χ1v) is 7.58. The molecule has 2 rings (SSSR count). The van der Waals surface area contributed by atoms with E-state index < -0.39 is 11.9 Å². The summed E-state index contributed by atoms with van der Waals surface area (Å²) in [6, 6.07) is 7.43. The summed E-state index contributed by atoms with van der Waals surface area (Å²) in [6.07, 6.45) is 5.50. The number of hydrogen-bond acceptors (Lipinski definition) is 3. The highest BCUT2D eigenvalue weighted by molar-refractivity contribution is 6.08. The summed E-state index contributed by atoms with van der Waals surface area (Å²) in [7, 11) is 0. The van der Waals surface area contributed by atoms with Gasteiger partial charge in [-0.15, -0.1) is 0 Å². The molecular formula is C18H21NO3. The number of ketones is 1. The summed E-state index contributed by atoms with van der Waals surface area (Å²) in [6.45, 7) is 5.67. The van der Waals surface area contributed by atoms with Crippen molar-refractivity contribution in [2.45, 2.75) is 20.3 Å². The zero-order chi connectivity index (χ0) is 16.1. The van der Waals surface area contributed by atoms with E-state index in [1.54, 1.807) is 12.1 Å². The molecule has 1 unspecified atom stereocenters. The van der Waals surface area contributed by atoms with E-state index in [0.29, 0.717) is 12.0 Å². The molecule has 1 atom stereocenters. The minimum absolute atomic E-state index is 0.125. The molecule has 0 radical (unpaired) electrons. The number of carbonyl (C=O) groups excluding carboxylic acids is 1. The highest BCUT2D eigenvalue weighted by atomic mass is 16.4. The second kappa shape index (κ2) is 7.07. The number of aliphatic carboxylic acids is 1. The number of benzene rings is 1. The Morgan fingerprint density at radius 2 is 1.91 bits per heavy atom. The van der Waals surface area contributed by atoms with Gasteiger partial charge in [-0.25, -0.2) is 4.79 Å². The van der Waals surface area contributed by atoms with Crippen molar-refractivity contribution in [3.63, 3.8) is 0 Å². The van der Waals surface area contributed by atoms with Gasteiger partial charge in [-0.1, -0.05) is 30.4 Å². The lowest BCUT2D eigenvalue weighted by Gasteiger charge is -2.25. The summed E-state index contributed by atoms with van der Waals surface area (Å²) in [5.41, 5.74) is 1.64. The van der Waals surface area contributed by atoms with E-state index in [0.717, 1.165) is 18.8 Å². The van der Waals surface area contributed by atoms with Crippen LogP contribution < -0.4 is 4.90 Å². The van der Waals surface area contributed by atoms with Crippen LogP contribution in [0, 0.1) is 5.92 Å². The molecule has 0 saturated heterocycles. The molecule has 1 N–H and O–H groups in total. The van der Waals surface area contributed by atoms with Gasteiger partial charge in [-0.3, -0.25) is 4.79 Å². The number of Topliss-reactive ketones (excluding diaryl/α,β-unsaturated/α-hetero) is 1.